The van der Waals surface area contributed by atoms with E-state index >= 15 is 0 Å². The van der Waals surface area contributed by atoms with Gasteiger partial charge in [-0.15, -0.1) is 5.10 Å². The second kappa shape index (κ2) is 12.8. The number of benzene rings is 4. The second-order valence-corrected chi connectivity index (χ2v) is 11.1. The van der Waals surface area contributed by atoms with Crippen molar-refractivity contribution in [1.82, 2.24) is 20.2 Å². The van der Waals surface area contributed by atoms with Gasteiger partial charge in [0.05, 0.1) is 24.5 Å². The molecule has 3 atom stereocenters. The zero-order valence-electron chi connectivity index (χ0n) is 22.8. The molecule has 10 heteroatoms. The number of nitrogens with zero attached hydrogens (tertiary/aromatic N) is 4. The summed E-state index contributed by atoms with van der Waals surface area (Å²) in [5.74, 6) is 0.777. The van der Waals surface area contributed by atoms with Crippen molar-refractivity contribution in [3.8, 4) is 22.6 Å². The van der Waals surface area contributed by atoms with Gasteiger partial charge in [-0.1, -0.05) is 72.4 Å². The van der Waals surface area contributed by atoms with Crippen molar-refractivity contribution in [2.45, 2.75) is 43.2 Å². The molecule has 214 valence electrons. The van der Waals surface area contributed by atoms with E-state index < -0.39 is 6.29 Å². The van der Waals surface area contributed by atoms with E-state index in [2.05, 4.69) is 39.8 Å². The van der Waals surface area contributed by atoms with Crippen LogP contribution in [0.25, 0.3) is 16.8 Å². The summed E-state index contributed by atoms with van der Waals surface area (Å²) in [6.45, 7) is 0.471. The minimum Gasteiger partial charge on any atom is -0.508 e. The first-order valence-corrected chi connectivity index (χ1v) is 14.7. The predicted molar refractivity (Wildman–Crippen MR) is 160 cm³/mol. The van der Waals surface area contributed by atoms with E-state index in [4.69, 9.17) is 15.2 Å². The molecule has 0 bridgehead atoms. The third-order valence-electron chi connectivity index (χ3n) is 7.20. The van der Waals surface area contributed by atoms with Crippen molar-refractivity contribution >= 4 is 11.8 Å². The Hall–Kier alpha value is -4.06. The van der Waals surface area contributed by atoms with Gasteiger partial charge < -0.3 is 25.4 Å². The average molecular weight is 582 g/mol. The summed E-state index contributed by atoms with van der Waals surface area (Å²) in [7, 11) is 0. The molecule has 0 amide bonds. The molecule has 0 radical (unpaired) electrons. The molecule has 4 N–H and O–H groups in total. The highest BCUT2D eigenvalue weighted by Gasteiger charge is 2.33. The highest BCUT2D eigenvalue weighted by Crippen LogP contribution is 2.40. The SMILES string of the molecule is NCc1cccc(-c2cccc([C@H]3O[C@@H](CSc4nnnn4-c4ccc(O)cc4)C[C@@H](c4ccc(CO)cc4)O3)c2)c1. The number of ether oxygens (including phenoxy) is 2. The molecule has 4 aromatic carbocycles. The Morgan fingerprint density at radius 1 is 0.857 bits per heavy atom. The fourth-order valence-corrected chi connectivity index (χ4v) is 5.87. The van der Waals surface area contributed by atoms with Gasteiger partial charge in [0.25, 0.3) is 0 Å². The quantitative estimate of drug-likeness (QED) is 0.198. The van der Waals surface area contributed by atoms with E-state index in [0.717, 1.165) is 39.1 Å². The molecule has 0 spiro atoms. The van der Waals surface area contributed by atoms with Crippen molar-refractivity contribution in [2.75, 3.05) is 5.75 Å². The average Bonchev–Trinajstić information content (AvgIpc) is 3.53. The topological polar surface area (TPSA) is 129 Å². The maximum absolute atomic E-state index is 9.66. The molecule has 9 nitrogen and oxygen atoms in total. The van der Waals surface area contributed by atoms with Crippen LogP contribution in [0.1, 0.15) is 41.1 Å². The zero-order valence-corrected chi connectivity index (χ0v) is 23.6. The highest BCUT2D eigenvalue weighted by atomic mass is 32.2. The molecule has 1 aliphatic rings. The van der Waals surface area contributed by atoms with Crippen LogP contribution in [-0.4, -0.2) is 42.3 Å². The molecule has 2 heterocycles. The number of hydrogen-bond acceptors (Lipinski definition) is 9. The molecule has 5 aromatic rings. The van der Waals surface area contributed by atoms with Gasteiger partial charge in [-0.25, -0.2) is 0 Å². The summed E-state index contributed by atoms with van der Waals surface area (Å²) >= 11 is 1.50. The minimum atomic E-state index is -0.586. The largest absolute Gasteiger partial charge is 0.508 e. The fourth-order valence-electron chi connectivity index (χ4n) is 4.96. The summed E-state index contributed by atoms with van der Waals surface area (Å²) in [5, 5.41) is 32.0. The number of hydrogen-bond donors (Lipinski definition) is 3. The molecule has 1 fully saturated rings. The smallest absolute Gasteiger partial charge is 0.214 e. The van der Waals surface area contributed by atoms with Crippen LogP contribution in [0.5, 0.6) is 5.75 Å². The Labute approximate surface area is 247 Å². The Balaban J connectivity index is 1.25. The third-order valence-corrected chi connectivity index (χ3v) is 8.25. The number of aliphatic hydroxyl groups is 1. The number of aromatic hydroxyl groups is 1. The fraction of sp³-hybridized carbons (Fsp3) is 0.219. The number of phenols is 1. The van der Waals surface area contributed by atoms with Crippen molar-refractivity contribution in [1.29, 1.82) is 0 Å². The number of aliphatic hydroxyl groups excluding tert-OH is 1. The molecule has 42 heavy (non-hydrogen) atoms. The van der Waals surface area contributed by atoms with Crippen LogP contribution in [-0.2, 0) is 22.6 Å². The van der Waals surface area contributed by atoms with Gasteiger partial charge >= 0.3 is 0 Å². The lowest BCUT2D eigenvalue weighted by molar-refractivity contribution is -0.245. The molecule has 1 saturated heterocycles. The van der Waals surface area contributed by atoms with Gasteiger partial charge in [-0.2, -0.15) is 4.68 Å². The molecular weight excluding hydrogens is 550 g/mol. The number of nitrogens with two attached hydrogens (primary N) is 1. The lowest BCUT2D eigenvalue weighted by Gasteiger charge is -2.36. The standard InChI is InChI=1S/C32H31N5O4S/c33-18-22-3-1-4-24(15-22)25-5-2-6-26(16-25)31-40-29(17-30(41-31)23-9-7-21(19-38)8-10-23)20-42-32-34-35-36-37(32)27-11-13-28(39)14-12-27/h1-16,29-31,38-39H,17-20,33H2/t29-,30+,31+/m1/s1. The number of phenolic OH excluding ortho intramolecular Hbond substituents is 1. The first-order chi connectivity index (χ1) is 20.6. The molecule has 0 unspecified atom stereocenters. The Kier molecular flexibility index (Phi) is 8.59. The van der Waals surface area contributed by atoms with E-state index in [1.807, 2.05) is 48.5 Å². The van der Waals surface area contributed by atoms with Crippen LogP contribution < -0.4 is 5.73 Å². The monoisotopic (exact) mass is 581 g/mol. The van der Waals surface area contributed by atoms with E-state index in [0.29, 0.717) is 23.9 Å². The molecule has 6 rings (SSSR count). The van der Waals surface area contributed by atoms with E-state index in [-0.39, 0.29) is 24.6 Å². The Bertz CT molecular complexity index is 1630. The van der Waals surface area contributed by atoms with Gasteiger partial charge in [-0.05, 0) is 74.6 Å². The summed E-state index contributed by atoms with van der Waals surface area (Å²) in [6.07, 6.45) is -0.316. The van der Waals surface area contributed by atoms with E-state index in [9.17, 15) is 10.2 Å². The van der Waals surface area contributed by atoms with E-state index in [1.165, 1.54) is 11.8 Å². The first-order valence-electron chi connectivity index (χ1n) is 13.7. The van der Waals surface area contributed by atoms with Gasteiger partial charge in [0.15, 0.2) is 6.29 Å². The Morgan fingerprint density at radius 2 is 1.62 bits per heavy atom. The number of aromatic nitrogens is 4. The van der Waals surface area contributed by atoms with Crippen LogP contribution in [0.3, 0.4) is 0 Å². The van der Waals surface area contributed by atoms with Gasteiger partial charge in [0.2, 0.25) is 5.16 Å². The maximum atomic E-state index is 9.66. The van der Waals surface area contributed by atoms with Crippen LogP contribution in [0.4, 0.5) is 0 Å². The van der Waals surface area contributed by atoms with Crippen molar-refractivity contribution in [2.24, 2.45) is 5.73 Å². The summed E-state index contributed by atoms with van der Waals surface area (Å²) in [6, 6.07) is 31.0. The molecule has 1 aromatic heterocycles. The van der Waals surface area contributed by atoms with Gasteiger partial charge in [0.1, 0.15) is 5.75 Å². The Morgan fingerprint density at radius 3 is 2.38 bits per heavy atom. The lowest BCUT2D eigenvalue weighted by atomic mass is 9.99. The number of thioether (sulfide) groups is 1. The van der Waals surface area contributed by atoms with Crippen LogP contribution in [0, 0.1) is 0 Å². The number of rotatable bonds is 9. The summed E-state index contributed by atoms with van der Waals surface area (Å²) in [5.41, 5.74) is 12.6. The van der Waals surface area contributed by atoms with E-state index in [1.54, 1.807) is 28.9 Å². The molecule has 1 aliphatic heterocycles. The normalized spacial score (nSPS) is 18.7. The van der Waals surface area contributed by atoms with Crippen LogP contribution >= 0.6 is 11.8 Å². The lowest BCUT2D eigenvalue weighted by Crippen LogP contribution is -2.31. The van der Waals surface area contributed by atoms with Crippen LogP contribution in [0.2, 0.25) is 0 Å². The molecule has 0 saturated carbocycles. The maximum Gasteiger partial charge on any atom is 0.214 e. The minimum absolute atomic E-state index is 0.00922. The van der Waals surface area contributed by atoms with Crippen LogP contribution in [0.15, 0.2) is 102 Å². The van der Waals surface area contributed by atoms with Gasteiger partial charge in [-0.3, -0.25) is 0 Å². The molecule has 0 aliphatic carbocycles. The van der Waals surface area contributed by atoms with Crippen molar-refractivity contribution < 1.29 is 19.7 Å². The zero-order chi connectivity index (χ0) is 28.9. The highest BCUT2D eigenvalue weighted by molar-refractivity contribution is 7.99. The number of tetrazole rings is 1. The predicted octanol–water partition coefficient (Wildman–Crippen LogP) is 5.32. The first kappa shape index (κ1) is 28.1. The molecular formula is C32H31N5O4S. The van der Waals surface area contributed by atoms with Gasteiger partial charge in [0, 0.05) is 24.3 Å². The second-order valence-electron chi connectivity index (χ2n) is 10.1. The van der Waals surface area contributed by atoms with Crippen molar-refractivity contribution in [3.63, 3.8) is 0 Å². The van der Waals surface area contributed by atoms with Crippen molar-refractivity contribution in [3.05, 3.63) is 119 Å². The summed E-state index contributed by atoms with van der Waals surface area (Å²) in [4.78, 5) is 0. The summed E-state index contributed by atoms with van der Waals surface area (Å²) < 4.78 is 14.8. The third kappa shape index (κ3) is 6.38.